The number of hydrogen-bond acceptors (Lipinski definition) is 2. The number of amides is 1. The van der Waals surface area contributed by atoms with E-state index in [0.29, 0.717) is 0 Å². The van der Waals surface area contributed by atoms with Crippen LogP contribution in [0.4, 0.5) is 0 Å². The molecule has 1 aromatic rings. The van der Waals surface area contributed by atoms with Crippen LogP contribution in [0.25, 0.3) is 6.08 Å². The molecule has 74 valence electrons. The minimum Gasteiger partial charge on any atom is -0.369 e. The second-order valence-corrected chi connectivity index (χ2v) is 2.98. The van der Waals surface area contributed by atoms with Gasteiger partial charge in [0.05, 0.1) is 0 Å². The summed E-state index contributed by atoms with van der Waals surface area (Å²) in [4.78, 5) is 24.0. The fourth-order valence-corrected chi connectivity index (χ4v) is 1.07. The van der Waals surface area contributed by atoms with Crippen LogP contribution in [0.1, 0.15) is 17.7 Å². The number of aryl methyl sites for hydroxylation is 1. The zero-order chi connectivity index (χ0) is 10.6. The maximum Gasteiger partial charge on any atom is 0.248 e. The van der Waals surface area contributed by atoms with Gasteiger partial charge in [-0.2, -0.15) is 0 Å². The molecule has 0 aliphatic carbocycles. The summed E-state index contributed by atoms with van der Waals surface area (Å²) in [5.74, 6) is -0.372. The monoisotopic (exact) mass is 192 g/mol. The average Bonchev–Trinajstić information content (AvgIpc) is 2.08. The minimum atomic E-state index is -0.372. The maximum absolute atomic E-state index is 10.9. The molecule has 0 saturated heterocycles. The SMILES string of the molecule is Cc1[nH]c(=O)ccc1C=CCC(N)=O. The molecule has 0 bridgehead atoms. The smallest absolute Gasteiger partial charge is 0.248 e. The van der Waals surface area contributed by atoms with Crippen LogP contribution in [-0.4, -0.2) is 10.9 Å². The number of primary amides is 1. The van der Waals surface area contributed by atoms with E-state index >= 15 is 0 Å². The fraction of sp³-hybridized carbons (Fsp3) is 0.200. The molecule has 0 radical (unpaired) electrons. The van der Waals surface area contributed by atoms with E-state index in [4.69, 9.17) is 5.73 Å². The summed E-state index contributed by atoms with van der Waals surface area (Å²) in [6, 6.07) is 3.14. The van der Waals surface area contributed by atoms with E-state index in [9.17, 15) is 9.59 Å². The molecule has 0 spiro atoms. The number of carbonyl (C=O) groups is 1. The van der Waals surface area contributed by atoms with E-state index in [2.05, 4.69) is 4.98 Å². The first-order valence-electron chi connectivity index (χ1n) is 4.24. The first kappa shape index (κ1) is 10.2. The lowest BCUT2D eigenvalue weighted by molar-refractivity contribution is -0.117. The summed E-state index contributed by atoms with van der Waals surface area (Å²) in [5, 5.41) is 0. The molecule has 3 N–H and O–H groups in total. The van der Waals surface area contributed by atoms with Crippen molar-refractivity contribution in [2.24, 2.45) is 5.73 Å². The van der Waals surface area contributed by atoms with E-state index in [1.54, 1.807) is 25.1 Å². The number of H-pyrrole nitrogens is 1. The van der Waals surface area contributed by atoms with Crippen molar-refractivity contribution in [3.05, 3.63) is 39.8 Å². The van der Waals surface area contributed by atoms with Gasteiger partial charge in [-0.3, -0.25) is 9.59 Å². The molecule has 0 saturated carbocycles. The Morgan fingerprint density at radius 1 is 1.57 bits per heavy atom. The predicted octanol–water partition coefficient (Wildman–Crippen LogP) is 0.572. The highest BCUT2D eigenvalue weighted by atomic mass is 16.1. The zero-order valence-corrected chi connectivity index (χ0v) is 7.91. The summed E-state index contributed by atoms with van der Waals surface area (Å²) >= 11 is 0. The van der Waals surface area contributed by atoms with E-state index < -0.39 is 0 Å². The van der Waals surface area contributed by atoms with E-state index in [0.717, 1.165) is 11.3 Å². The first-order valence-corrected chi connectivity index (χ1v) is 4.24. The van der Waals surface area contributed by atoms with Crippen molar-refractivity contribution >= 4 is 12.0 Å². The Labute approximate surface area is 81.4 Å². The van der Waals surface area contributed by atoms with Crippen molar-refractivity contribution < 1.29 is 4.79 Å². The number of pyridine rings is 1. The second kappa shape index (κ2) is 4.41. The van der Waals surface area contributed by atoms with Crippen molar-refractivity contribution in [2.75, 3.05) is 0 Å². The summed E-state index contributed by atoms with van der Waals surface area (Å²) in [6.45, 7) is 1.80. The summed E-state index contributed by atoms with van der Waals surface area (Å²) < 4.78 is 0. The van der Waals surface area contributed by atoms with Gasteiger partial charge in [0.15, 0.2) is 0 Å². The van der Waals surface area contributed by atoms with Gasteiger partial charge in [-0.05, 0) is 18.6 Å². The summed E-state index contributed by atoms with van der Waals surface area (Å²) in [7, 11) is 0. The number of nitrogens with one attached hydrogen (secondary N) is 1. The Morgan fingerprint density at radius 2 is 2.29 bits per heavy atom. The molecule has 1 aromatic heterocycles. The Kier molecular flexibility index (Phi) is 3.23. The normalized spacial score (nSPS) is 10.6. The Bertz CT molecular complexity index is 418. The molecule has 14 heavy (non-hydrogen) atoms. The third kappa shape index (κ3) is 2.90. The second-order valence-electron chi connectivity index (χ2n) is 2.98. The van der Waals surface area contributed by atoms with Crippen molar-refractivity contribution in [1.29, 1.82) is 0 Å². The van der Waals surface area contributed by atoms with Crippen LogP contribution in [0.2, 0.25) is 0 Å². The summed E-state index contributed by atoms with van der Waals surface area (Å²) in [5.41, 5.74) is 6.50. The van der Waals surface area contributed by atoms with Crippen molar-refractivity contribution in [2.45, 2.75) is 13.3 Å². The van der Waals surface area contributed by atoms with Gasteiger partial charge >= 0.3 is 0 Å². The van der Waals surface area contributed by atoms with Gasteiger partial charge in [0.1, 0.15) is 0 Å². The Balaban J connectivity index is 2.82. The van der Waals surface area contributed by atoms with Gasteiger partial charge < -0.3 is 10.7 Å². The number of hydrogen-bond donors (Lipinski definition) is 2. The lowest BCUT2D eigenvalue weighted by Gasteiger charge is -1.97. The quantitative estimate of drug-likeness (QED) is 0.734. The molecule has 0 fully saturated rings. The van der Waals surface area contributed by atoms with Crippen LogP contribution in [0.3, 0.4) is 0 Å². The first-order chi connectivity index (χ1) is 6.59. The van der Waals surface area contributed by atoms with E-state index in [1.807, 2.05) is 0 Å². The van der Waals surface area contributed by atoms with Gasteiger partial charge in [-0.25, -0.2) is 0 Å². The van der Waals surface area contributed by atoms with E-state index in [-0.39, 0.29) is 17.9 Å². The van der Waals surface area contributed by atoms with Crippen LogP contribution >= 0.6 is 0 Å². The topological polar surface area (TPSA) is 75.9 Å². The lowest BCUT2D eigenvalue weighted by Crippen LogP contribution is -2.08. The van der Waals surface area contributed by atoms with Crippen molar-refractivity contribution in [3.63, 3.8) is 0 Å². The molecule has 1 heterocycles. The van der Waals surface area contributed by atoms with Crippen molar-refractivity contribution in [3.8, 4) is 0 Å². The number of aromatic nitrogens is 1. The third-order valence-electron chi connectivity index (χ3n) is 1.77. The molecular weight excluding hydrogens is 180 g/mol. The molecule has 0 atom stereocenters. The average molecular weight is 192 g/mol. The van der Waals surface area contributed by atoms with Gasteiger partial charge in [0, 0.05) is 18.2 Å². The Hall–Kier alpha value is -1.84. The number of nitrogens with two attached hydrogens (primary N) is 1. The van der Waals surface area contributed by atoms with Crippen LogP contribution < -0.4 is 11.3 Å². The van der Waals surface area contributed by atoms with Gasteiger partial charge in [-0.15, -0.1) is 0 Å². The fourth-order valence-electron chi connectivity index (χ4n) is 1.07. The molecule has 1 amide bonds. The molecule has 1 rings (SSSR count). The van der Waals surface area contributed by atoms with Crippen LogP contribution in [0, 0.1) is 6.92 Å². The largest absolute Gasteiger partial charge is 0.369 e. The van der Waals surface area contributed by atoms with E-state index in [1.165, 1.54) is 6.07 Å². The predicted molar refractivity (Wildman–Crippen MR) is 54.6 cm³/mol. The molecule has 4 heteroatoms. The highest BCUT2D eigenvalue weighted by molar-refractivity contribution is 5.76. The molecule has 0 aromatic carbocycles. The van der Waals surface area contributed by atoms with Crippen LogP contribution in [0.5, 0.6) is 0 Å². The van der Waals surface area contributed by atoms with Crippen LogP contribution in [-0.2, 0) is 4.79 Å². The van der Waals surface area contributed by atoms with Crippen molar-refractivity contribution in [1.82, 2.24) is 4.98 Å². The maximum atomic E-state index is 10.9. The standard InChI is InChI=1S/C10H12N2O2/c1-7-8(3-2-4-9(11)13)5-6-10(14)12-7/h2-3,5-6H,4H2,1H3,(H2,11,13)(H,12,14). The summed E-state index contributed by atoms with van der Waals surface area (Å²) in [6.07, 6.45) is 3.64. The van der Waals surface area contributed by atoms with Gasteiger partial charge in [-0.1, -0.05) is 12.2 Å². The molecule has 0 aliphatic rings. The number of carbonyl (C=O) groups excluding carboxylic acids is 1. The lowest BCUT2D eigenvalue weighted by atomic mass is 10.2. The highest BCUT2D eigenvalue weighted by Crippen LogP contribution is 2.04. The highest BCUT2D eigenvalue weighted by Gasteiger charge is 1.94. The molecule has 4 nitrogen and oxygen atoms in total. The van der Waals surface area contributed by atoms with Gasteiger partial charge in [0.2, 0.25) is 11.5 Å². The van der Waals surface area contributed by atoms with Gasteiger partial charge in [0.25, 0.3) is 0 Å². The molecule has 0 aliphatic heterocycles. The molecule has 0 unspecified atom stereocenters. The number of aromatic amines is 1. The minimum absolute atomic E-state index is 0.130. The number of rotatable bonds is 3. The molecular formula is C10H12N2O2. The zero-order valence-electron chi connectivity index (χ0n) is 7.91. The Morgan fingerprint density at radius 3 is 2.86 bits per heavy atom. The third-order valence-corrected chi connectivity index (χ3v) is 1.77. The van der Waals surface area contributed by atoms with Crippen LogP contribution in [0.15, 0.2) is 23.0 Å².